The fourth-order valence-corrected chi connectivity index (χ4v) is 2.41. The van der Waals surface area contributed by atoms with Gasteiger partial charge in [-0.2, -0.15) is 0 Å². The summed E-state index contributed by atoms with van der Waals surface area (Å²) in [4.78, 5) is 20.9. The highest BCUT2D eigenvalue weighted by Crippen LogP contribution is 2.51. The summed E-state index contributed by atoms with van der Waals surface area (Å²) in [6, 6.07) is 1.65. The summed E-state index contributed by atoms with van der Waals surface area (Å²) in [6.45, 7) is 4.70. The number of anilines is 1. The van der Waals surface area contributed by atoms with Crippen LogP contribution in [0.2, 0.25) is 0 Å². The maximum absolute atomic E-state index is 13.9. The molecule has 0 saturated heterocycles. The first-order valence-corrected chi connectivity index (χ1v) is 6.72. The first-order valence-electron chi connectivity index (χ1n) is 6.72. The van der Waals surface area contributed by atoms with Gasteiger partial charge in [0.1, 0.15) is 5.56 Å². The lowest BCUT2D eigenvalue weighted by Crippen LogP contribution is -2.21. The van der Waals surface area contributed by atoms with Crippen molar-refractivity contribution in [1.29, 1.82) is 0 Å². The van der Waals surface area contributed by atoms with E-state index in [1.54, 1.807) is 0 Å². The van der Waals surface area contributed by atoms with Gasteiger partial charge in [-0.05, 0) is 30.2 Å². The van der Waals surface area contributed by atoms with Gasteiger partial charge >= 0.3 is 5.97 Å². The summed E-state index contributed by atoms with van der Waals surface area (Å²) >= 11 is 0. The highest BCUT2D eigenvalue weighted by molar-refractivity contribution is 5.93. The number of aromatic carboxylic acids is 1. The highest BCUT2D eigenvalue weighted by Gasteiger charge is 2.45. The molecule has 0 aromatic heterocycles. The lowest BCUT2D eigenvalue weighted by molar-refractivity contribution is -0.385. The first kappa shape index (κ1) is 15.2. The number of rotatable bonds is 6. The van der Waals surface area contributed by atoms with E-state index in [1.165, 1.54) is 0 Å². The molecule has 0 atom stereocenters. The second kappa shape index (κ2) is 5.31. The van der Waals surface area contributed by atoms with Gasteiger partial charge in [-0.15, -0.1) is 0 Å². The summed E-state index contributed by atoms with van der Waals surface area (Å²) in [5.74, 6) is -1.83. The van der Waals surface area contributed by atoms with Gasteiger partial charge in [0.2, 0.25) is 0 Å². The Balaban J connectivity index is 2.26. The van der Waals surface area contributed by atoms with E-state index in [-0.39, 0.29) is 11.1 Å². The van der Waals surface area contributed by atoms with Crippen molar-refractivity contribution in [1.82, 2.24) is 0 Å². The van der Waals surface area contributed by atoms with Crippen molar-refractivity contribution >= 4 is 17.3 Å². The number of nitrogens with zero attached hydrogens (tertiary/aromatic N) is 1. The van der Waals surface area contributed by atoms with Crippen LogP contribution in [-0.4, -0.2) is 22.5 Å². The van der Waals surface area contributed by atoms with Gasteiger partial charge < -0.3 is 10.4 Å². The minimum atomic E-state index is -1.45. The topological polar surface area (TPSA) is 92.5 Å². The predicted molar refractivity (Wildman–Crippen MR) is 75.0 cm³/mol. The molecule has 114 valence electrons. The smallest absolute Gasteiger partial charge is 0.342 e. The van der Waals surface area contributed by atoms with Crippen LogP contribution in [0.15, 0.2) is 12.1 Å². The van der Waals surface area contributed by atoms with Gasteiger partial charge in [-0.1, -0.05) is 13.8 Å². The summed E-state index contributed by atoms with van der Waals surface area (Å²) in [6.07, 6.45) is 2.08. The first-order chi connectivity index (χ1) is 9.77. The molecule has 0 spiro atoms. The van der Waals surface area contributed by atoms with Gasteiger partial charge in [-0.3, -0.25) is 10.1 Å². The second-order valence-electron chi connectivity index (χ2n) is 5.78. The zero-order chi connectivity index (χ0) is 15.8. The Kier molecular flexibility index (Phi) is 3.85. The van der Waals surface area contributed by atoms with Gasteiger partial charge in [-0.25, -0.2) is 9.18 Å². The molecule has 1 saturated carbocycles. The van der Waals surface area contributed by atoms with Crippen LogP contribution in [0.25, 0.3) is 0 Å². The van der Waals surface area contributed by atoms with Crippen molar-refractivity contribution in [2.45, 2.75) is 26.7 Å². The zero-order valence-electron chi connectivity index (χ0n) is 11.9. The molecule has 0 amide bonds. The highest BCUT2D eigenvalue weighted by atomic mass is 19.1. The Morgan fingerprint density at radius 3 is 2.57 bits per heavy atom. The minimum Gasteiger partial charge on any atom is -0.477 e. The van der Waals surface area contributed by atoms with Gasteiger partial charge in [0.25, 0.3) is 5.69 Å². The third-order valence-electron chi connectivity index (χ3n) is 4.26. The van der Waals surface area contributed by atoms with Crippen LogP contribution in [0.1, 0.15) is 37.0 Å². The molecule has 1 aromatic rings. The van der Waals surface area contributed by atoms with Crippen LogP contribution in [0.5, 0.6) is 0 Å². The molecule has 0 heterocycles. The molecule has 2 N–H and O–H groups in total. The molecule has 6 nitrogen and oxygen atoms in total. The largest absolute Gasteiger partial charge is 0.477 e. The molecule has 0 aliphatic heterocycles. The van der Waals surface area contributed by atoms with Crippen LogP contribution in [-0.2, 0) is 0 Å². The van der Waals surface area contributed by atoms with Crippen molar-refractivity contribution in [2.75, 3.05) is 11.9 Å². The maximum atomic E-state index is 13.9. The molecule has 21 heavy (non-hydrogen) atoms. The fourth-order valence-electron chi connectivity index (χ4n) is 2.41. The van der Waals surface area contributed by atoms with E-state index in [0.29, 0.717) is 18.5 Å². The Morgan fingerprint density at radius 2 is 2.14 bits per heavy atom. The summed E-state index contributed by atoms with van der Waals surface area (Å²) in [7, 11) is 0. The van der Waals surface area contributed by atoms with Crippen molar-refractivity contribution in [3.8, 4) is 0 Å². The number of nitro benzene ring substituents is 1. The number of nitro groups is 1. The average molecular weight is 296 g/mol. The van der Waals surface area contributed by atoms with Crippen LogP contribution in [0.3, 0.4) is 0 Å². The van der Waals surface area contributed by atoms with Crippen molar-refractivity contribution < 1.29 is 19.2 Å². The van der Waals surface area contributed by atoms with E-state index in [2.05, 4.69) is 19.2 Å². The number of carbonyl (C=O) groups is 1. The van der Waals surface area contributed by atoms with Crippen molar-refractivity contribution in [2.24, 2.45) is 11.3 Å². The number of carboxylic acids is 1. The number of nitrogens with one attached hydrogen (secondary N) is 1. The third-order valence-corrected chi connectivity index (χ3v) is 4.26. The van der Waals surface area contributed by atoms with Gasteiger partial charge in [0, 0.05) is 6.54 Å². The lowest BCUT2D eigenvalue weighted by atomic mass is 9.92. The number of hydrogen-bond acceptors (Lipinski definition) is 4. The van der Waals surface area contributed by atoms with E-state index in [1.807, 2.05) is 0 Å². The van der Waals surface area contributed by atoms with Crippen LogP contribution in [0, 0.1) is 27.3 Å². The predicted octanol–water partition coefficient (Wildman–Crippen LogP) is 3.28. The number of carboxylic acid groups (broad SMARTS) is 1. The van der Waals surface area contributed by atoms with Gasteiger partial charge in [0.15, 0.2) is 5.82 Å². The van der Waals surface area contributed by atoms with Crippen molar-refractivity contribution in [3.05, 3.63) is 33.6 Å². The Morgan fingerprint density at radius 1 is 1.52 bits per heavy atom. The summed E-state index contributed by atoms with van der Waals surface area (Å²) in [5, 5.41) is 22.7. The molecule has 1 aromatic carbocycles. The van der Waals surface area contributed by atoms with Crippen LogP contribution >= 0.6 is 0 Å². The second-order valence-corrected chi connectivity index (χ2v) is 5.78. The van der Waals surface area contributed by atoms with Crippen molar-refractivity contribution in [3.63, 3.8) is 0 Å². The number of halogens is 1. The molecule has 2 rings (SSSR count). The lowest BCUT2D eigenvalue weighted by Gasteiger charge is -2.21. The molecule has 0 unspecified atom stereocenters. The van der Waals surface area contributed by atoms with E-state index < -0.39 is 28.0 Å². The summed E-state index contributed by atoms with van der Waals surface area (Å²) < 4.78 is 13.9. The Hall–Kier alpha value is -2.18. The monoisotopic (exact) mass is 296 g/mol. The third kappa shape index (κ3) is 2.96. The molecule has 0 bridgehead atoms. The molecule has 0 radical (unpaired) electrons. The average Bonchev–Trinajstić information content (AvgIpc) is 3.17. The Labute approximate surface area is 121 Å². The minimum absolute atomic E-state index is 0.00933. The molecule has 1 aliphatic rings. The molecule has 1 aliphatic carbocycles. The quantitative estimate of drug-likeness (QED) is 0.620. The van der Waals surface area contributed by atoms with E-state index in [9.17, 15) is 19.3 Å². The molecular formula is C14H17FN2O4. The fraction of sp³-hybridized carbons (Fsp3) is 0.500. The molecule has 7 heteroatoms. The number of benzene rings is 1. The SMILES string of the molecule is CC(C)C1(CNc2cc(C(=O)O)c([N+](=O)[O-])cc2F)CC1. The van der Waals surface area contributed by atoms with E-state index in [4.69, 9.17) is 5.11 Å². The number of hydrogen-bond donors (Lipinski definition) is 2. The molecular weight excluding hydrogens is 279 g/mol. The Bertz CT molecular complexity index is 597. The van der Waals surface area contributed by atoms with Crippen LogP contribution < -0.4 is 5.32 Å². The van der Waals surface area contributed by atoms with Gasteiger partial charge in [0.05, 0.1) is 16.7 Å². The normalized spacial score (nSPS) is 15.8. The van der Waals surface area contributed by atoms with Crippen LogP contribution in [0.4, 0.5) is 15.8 Å². The standard InChI is InChI=1S/C14H17FN2O4/c1-8(2)14(3-4-14)7-16-11-5-9(13(18)19)12(17(20)21)6-10(11)15/h5-6,8,16H,3-4,7H2,1-2H3,(H,18,19). The zero-order valence-corrected chi connectivity index (χ0v) is 11.9. The van der Waals surface area contributed by atoms with E-state index in [0.717, 1.165) is 18.9 Å². The molecule has 1 fully saturated rings. The maximum Gasteiger partial charge on any atom is 0.342 e. The summed E-state index contributed by atoms with van der Waals surface area (Å²) in [5.41, 5.74) is -1.16. The van der Waals surface area contributed by atoms with E-state index >= 15 is 0 Å².